The third-order valence-corrected chi connectivity index (χ3v) is 6.54. The number of aliphatic carboxylic acids is 1. The Kier molecular flexibility index (Phi) is 4.24. The minimum Gasteiger partial charge on any atom is -0.480 e. The highest BCUT2D eigenvalue weighted by Gasteiger charge is 2.47. The predicted molar refractivity (Wildman–Crippen MR) is 78.4 cm³/mol. The number of carbonyl (C=O) groups is 2. The molecule has 112 valence electrons. The first kappa shape index (κ1) is 14.2. The Morgan fingerprint density at radius 3 is 2.25 bits per heavy atom. The van der Waals surface area contributed by atoms with Crippen LogP contribution in [-0.2, 0) is 9.59 Å². The largest absolute Gasteiger partial charge is 0.480 e. The lowest BCUT2D eigenvalue weighted by Gasteiger charge is -2.38. The Hall–Kier alpha value is -0.710. The van der Waals surface area contributed by atoms with E-state index in [4.69, 9.17) is 0 Å². The molecular weight excluding hydrogens is 274 g/mol. The van der Waals surface area contributed by atoms with Gasteiger partial charge in [-0.25, -0.2) is 4.79 Å². The summed E-state index contributed by atoms with van der Waals surface area (Å²) in [6, 6.07) is -0.597. The molecule has 0 spiro atoms. The fraction of sp³-hybridized carbons (Fsp3) is 0.867. The van der Waals surface area contributed by atoms with Gasteiger partial charge in [-0.15, -0.1) is 11.8 Å². The summed E-state index contributed by atoms with van der Waals surface area (Å²) in [6.07, 6.45) is 9.05. The fourth-order valence-corrected chi connectivity index (χ4v) is 5.28. The van der Waals surface area contributed by atoms with Gasteiger partial charge >= 0.3 is 5.97 Å². The molecule has 1 amide bonds. The highest BCUT2D eigenvalue weighted by molar-refractivity contribution is 8.00. The number of amides is 1. The van der Waals surface area contributed by atoms with Crippen LogP contribution in [0.15, 0.2) is 0 Å². The van der Waals surface area contributed by atoms with E-state index in [2.05, 4.69) is 0 Å². The van der Waals surface area contributed by atoms with Crippen LogP contribution in [0.1, 0.15) is 51.4 Å². The number of nitrogens with zero attached hydrogens (tertiary/aromatic N) is 1. The number of rotatable bonds is 3. The average molecular weight is 297 g/mol. The fourth-order valence-electron chi connectivity index (χ4n) is 3.65. The molecule has 5 heteroatoms. The summed E-state index contributed by atoms with van der Waals surface area (Å²) < 4.78 is 0. The van der Waals surface area contributed by atoms with Gasteiger partial charge in [0, 0.05) is 11.7 Å². The molecule has 1 saturated heterocycles. The first-order chi connectivity index (χ1) is 9.68. The second-order valence-electron chi connectivity index (χ2n) is 6.35. The van der Waals surface area contributed by atoms with Gasteiger partial charge in [0.25, 0.3) is 0 Å². The Morgan fingerprint density at radius 2 is 1.70 bits per heavy atom. The molecule has 1 aliphatic heterocycles. The van der Waals surface area contributed by atoms with Crippen molar-refractivity contribution in [1.29, 1.82) is 0 Å². The van der Waals surface area contributed by atoms with E-state index in [0.29, 0.717) is 11.7 Å². The summed E-state index contributed by atoms with van der Waals surface area (Å²) in [4.78, 5) is 25.9. The van der Waals surface area contributed by atoms with Gasteiger partial charge in [-0.1, -0.05) is 25.7 Å². The standard InChI is InChI=1S/C15H23NO3S/c17-13(10-7-4-8-10)16-12(15(18)19)9-20-14(16)11-5-2-1-3-6-11/h10-12,14H,1-9H2,(H,18,19). The highest BCUT2D eigenvalue weighted by Crippen LogP contribution is 2.42. The minimum absolute atomic E-state index is 0.0987. The van der Waals surface area contributed by atoms with E-state index in [9.17, 15) is 14.7 Å². The zero-order valence-electron chi connectivity index (χ0n) is 11.8. The lowest BCUT2D eigenvalue weighted by Crippen LogP contribution is -2.51. The van der Waals surface area contributed by atoms with Crippen LogP contribution in [0, 0.1) is 11.8 Å². The molecule has 3 rings (SSSR count). The molecule has 2 unspecified atom stereocenters. The van der Waals surface area contributed by atoms with E-state index in [-0.39, 0.29) is 17.2 Å². The summed E-state index contributed by atoms with van der Waals surface area (Å²) in [5.41, 5.74) is 0. The number of hydrogen-bond donors (Lipinski definition) is 1. The lowest BCUT2D eigenvalue weighted by molar-refractivity contribution is -0.153. The van der Waals surface area contributed by atoms with Crippen LogP contribution in [0.25, 0.3) is 0 Å². The number of hydrogen-bond acceptors (Lipinski definition) is 3. The summed E-state index contributed by atoms with van der Waals surface area (Å²) in [7, 11) is 0. The van der Waals surface area contributed by atoms with Gasteiger partial charge in [-0.2, -0.15) is 0 Å². The van der Waals surface area contributed by atoms with Crippen molar-refractivity contribution in [2.24, 2.45) is 11.8 Å². The van der Waals surface area contributed by atoms with Crippen molar-refractivity contribution in [2.45, 2.75) is 62.8 Å². The van der Waals surface area contributed by atoms with E-state index < -0.39 is 12.0 Å². The van der Waals surface area contributed by atoms with E-state index in [1.54, 1.807) is 16.7 Å². The van der Waals surface area contributed by atoms with Crippen LogP contribution in [0.3, 0.4) is 0 Å². The summed E-state index contributed by atoms with van der Waals surface area (Å²) in [5, 5.41) is 9.53. The summed E-state index contributed by atoms with van der Waals surface area (Å²) in [6.45, 7) is 0. The van der Waals surface area contributed by atoms with E-state index in [1.165, 1.54) is 19.3 Å². The molecule has 0 bridgehead atoms. The molecule has 2 aliphatic carbocycles. The molecule has 0 aromatic heterocycles. The van der Waals surface area contributed by atoms with Gasteiger partial charge in [0.05, 0.1) is 5.37 Å². The minimum atomic E-state index is -0.830. The number of thioether (sulfide) groups is 1. The quantitative estimate of drug-likeness (QED) is 0.870. The summed E-state index contributed by atoms with van der Waals surface area (Å²) >= 11 is 1.70. The third kappa shape index (κ3) is 2.57. The van der Waals surface area contributed by atoms with Crippen molar-refractivity contribution in [3.05, 3.63) is 0 Å². The topological polar surface area (TPSA) is 57.6 Å². The molecule has 0 aromatic rings. The van der Waals surface area contributed by atoms with E-state index in [1.807, 2.05) is 0 Å². The van der Waals surface area contributed by atoms with Crippen molar-refractivity contribution in [3.63, 3.8) is 0 Å². The molecule has 2 saturated carbocycles. The number of carboxylic acids is 1. The van der Waals surface area contributed by atoms with Crippen LogP contribution < -0.4 is 0 Å². The molecule has 3 aliphatic rings. The maximum Gasteiger partial charge on any atom is 0.327 e. The molecule has 4 nitrogen and oxygen atoms in total. The van der Waals surface area contributed by atoms with Crippen molar-refractivity contribution < 1.29 is 14.7 Å². The van der Waals surface area contributed by atoms with Gasteiger partial charge < -0.3 is 10.0 Å². The molecule has 2 atom stereocenters. The van der Waals surface area contributed by atoms with Crippen LogP contribution in [0.4, 0.5) is 0 Å². The van der Waals surface area contributed by atoms with Crippen LogP contribution in [0.5, 0.6) is 0 Å². The second-order valence-corrected chi connectivity index (χ2v) is 7.50. The van der Waals surface area contributed by atoms with Crippen molar-refractivity contribution in [2.75, 3.05) is 5.75 Å². The predicted octanol–water partition coefficient (Wildman–Crippen LogP) is 2.72. The zero-order chi connectivity index (χ0) is 14.1. The Bertz CT molecular complexity index is 391. The van der Waals surface area contributed by atoms with Gasteiger partial charge in [-0.05, 0) is 31.6 Å². The van der Waals surface area contributed by atoms with Gasteiger partial charge in [-0.3, -0.25) is 4.79 Å². The normalized spacial score (nSPS) is 32.1. The lowest BCUT2D eigenvalue weighted by atomic mass is 9.83. The van der Waals surface area contributed by atoms with Crippen molar-refractivity contribution >= 4 is 23.6 Å². The second kappa shape index (κ2) is 5.96. The average Bonchev–Trinajstić information content (AvgIpc) is 2.82. The first-order valence-corrected chi connectivity index (χ1v) is 8.90. The Morgan fingerprint density at radius 1 is 1.00 bits per heavy atom. The van der Waals surface area contributed by atoms with Crippen LogP contribution >= 0.6 is 11.8 Å². The molecule has 0 aromatic carbocycles. The molecule has 3 fully saturated rings. The molecule has 1 N–H and O–H groups in total. The first-order valence-electron chi connectivity index (χ1n) is 7.85. The monoisotopic (exact) mass is 297 g/mol. The molecular formula is C15H23NO3S. The Labute approximate surface area is 124 Å². The molecule has 20 heavy (non-hydrogen) atoms. The number of carbonyl (C=O) groups excluding carboxylic acids is 1. The third-order valence-electron chi connectivity index (χ3n) is 5.08. The van der Waals surface area contributed by atoms with Crippen LogP contribution in [-0.4, -0.2) is 39.1 Å². The number of carboxylic acid groups (broad SMARTS) is 1. The van der Waals surface area contributed by atoms with Gasteiger partial charge in [0.2, 0.25) is 5.91 Å². The zero-order valence-corrected chi connectivity index (χ0v) is 12.6. The smallest absolute Gasteiger partial charge is 0.327 e. The van der Waals surface area contributed by atoms with Crippen LogP contribution in [0.2, 0.25) is 0 Å². The van der Waals surface area contributed by atoms with Crippen molar-refractivity contribution in [3.8, 4) is 0 Å². The summed E-state index contributed by atoms with van der Waals surface area (Å²) in [5.74, 6) is 0.450. The van der Waals surface area contributed by atoms with E-state index in [0.717, 1.165) is 32.1 Å². The molecule has 1 heterocycles. The molecule has 0 radical (unpaired) electrons. The van der Waals surface area contributed by atoms with Gasteiger partial charge in [0.1, 0.15) is 6.04 Å². The maximum atomic E-state index is 12.6. The van der Waals surface area contributed by atoms with Gasteiger partial charge in [0.15, 0.2) is 0 Å². The highest BCUT2D eigenvalue weighted by atomic mass is 32.2. The maximum absolute atomic E-state index is 12.6. The Balaban J connectivity index is 1.76. The van der Waals surface area contributed by atoms with Crippen molar-refractivity contribution in [1.82, 2.24) is 4.90 Å². The van der Waals surface area contributed by atoms with E-state index >= 15 is 0 Å². The SMILES string of the molecule is O=C(O)C1CSC(C2CCCCC2)N1C(=O)C1CCC1.